The summed E-state index contributed by atoms with van der Waals surface area (Å²) in [5.41, 5.74) is 0. The Labute approximate surface area is 183 Å². The van der Waals surface area contributed by atoms with Crippen molar-refractivity contribution in [3.63, 3.8) is 0 Å². The first-order valence-electron chi connectivity index (χ1n) is 10.5. The zero-order chi connectivity index (χ0) is 18.6. The molecule has 2 atom stereocenters. The highest BCUT2D eigenvalue weighted by Gasteiger charge is 2.20. The Morgan fingerprint density at radius 2 is 2.11 bits per heavy atom. The monoisotopic (exact) mass is 496 g/mol. The van der Waals surface area contributed by atoms with Gasteiger partial charge >= 0.3 is 0 Å². The second-order valence-corrected chi connectivity index (χ2v) is 8.20. The Balaban J connectivity index is 0.00000364. The number of ether oxygens (including phenoxy) is 2. The predicted molar refractivity (Wildman–Crippen MR) is 123 cm³/mol. The molecule has 0 amide bonds. The van der Waals surface area contributed by atoms with E-state index in [0.29, 0.717) is 5.92 Å². The largest absolute Gasteiger partial charge is 0.381 e. The van der Waals surface area contributed by atoms with Crippen molar-refractivity contribution in [1.82, 2.24) is 15.5 Å². The van der Waals surface area contributed by atoms with E-state index in [1.165, 1.54) is 32.5 Å². The van der Waals surface area contributed by atoms with E-state index in [4.69, 9.17) is 9.47 Å². The van der Waals surface area contributed by atoms with Gasteiger partial charge in [-0.05, 0) is 44.1 Å². The van der Waals surface area contributed by atoms with Crippen LogP contribution >= 0.6 is 24.0 Å². The van der Waals surface area contributed by atoms with Crippen LogP contribution in [-0.2, 0) is 9.47 Å². The van der Waals surface area contributed by atoms with Crippen LogP contribution in [0.15, 0.2) is 4.99 Å². The number of hydrogen-bond donors (Lipinski definition) is 2. The second kappa shape index (κ2) is 14.8. The number of guanidine groups is 1. The van der Waals surface area contributed by atoms with Crippen LogP contribution in [0.5, 0.6) is 0 Å². The van der Waals surface area contributed by atoms with Gasteiger partial charge in [-0.3, -0.25) is 4.99 Å². The fourth-order valence-corrected chi connectivity index (χ4v) is 3.81. The SMILES string of the molecule is CN=C(NCCCOCC1CCOC1)NCC1CCCN(CC(C)C)C1.I. The summed E-state index contributed by atoms with van der Waals surface area (Å²) in [5, 5.41) is 6.91. The van der Waals surface area contributed by atoms with E-state index in [0.717, 1.165) is 70.2 Å². The van der Waals surface area contributed by atoms with E-state index in [1.807, 2.05) is 7.05 Å². The summed E-state index contributed by atoms with van der Waals surface area (Å²) in [6.45, 7) is 13.6. The van der Waals surface area contributed by atoms with Crippen LogP contribution in [-0.4, -0.2) is 77.1 Å². The van der Waals surface area contributed by atoms with Crippen LogP contribution in [0.25, 0.3) is 0 Å². The number of piperidine rings is 1. The number of nitrogens with one attached hydrogen (secondary N) is 2. The first-order chi connectivity index (χ1) is 12.7. The van der Waals surface area contributed by atoms with E-state index in [-0.39, 0.29) is 24.0 Å². The van der Waals surface area contributed by atoms with Crippen molar-refractivity contribution in [3.8, 4) is 0 Å². The van der Waals surface area contributed by atoms with Crippen LogP contribution in [0.2, 0.25) is 0 Å². The maximum absolute atomic E-state index is 5.75. The molecule has 160 valence electrons. The molecule has 0 radical (unpaired) electrons. The van der Waals surface area contributed by atoms with Crippen LogP contribution in [0, 0.1) is 17.8 Å². The van der Waals surface area contributed by atoms with E-state index < -0.39 is 0 Å². The molecule has 2 unspecified atom stereocenters. The molecule has 2 N–H and O–H groups in total. The maximum atomic E-state index is 5.75. The fourth-order valence-electron chi connectivity index (χ4n) is 3.81. The van der Waals surface area contributed by atoms with Crippen LogP contribution in [0.3, 0.4) is 0 Å². The highest BCUT2D eigenvalue weighted by molar-refractivity contribution is 14.0. The number of halogens is 1. The molecule has 2 saturated heterocycles. The topological polar surface area (TPSA) is 58.1 Å². The molecule has 6 nitrogen and oxygen atoms in total. The van der Waals surface area contributed by atoms with E-state index in [2.05, 4.69) is 34.4 Å². The smallest absolute Gasteiger partial charge is 0.190 e. The summed E-state index contributed by atoms with van der Waals surface area (Å²) in [6, 6.07) is 0. The van der Waals surface area contributed by atoms with Gasteiger partial charge in [0.05, 0.1) is 13.2 Å². The van der Waals surface area contributed by atoms with Gasteiger partial charge in [0.25, 0.3) is 0 Å². The first kappa shape index (κ1) is 24.9. The normalized spacial score (nSPS) is 24.1. The van der Waals surface area contributed by atoms with E-state index >= 15 is 0 Å². The minimum atomic E-state index is 0. The molecule has 0 saturated carbocycles. The van der Waals surface area contributed by atoms with Gasteiger partial charge in [0.2, 0.25) is 0 Å². The third kappa shape index (κ3) is 10.9. The van der Waals surface area contributed by atoms with Gasteiger partial charge in [0.1, 0.15) is 0 Å². The molecular formula is C20H41IN4O2. The van der Waals surface area contributed by atoms with Crippen LogP contribution in [0.1, 0.15) is 39.5 Å². The third-order valence-corrected chi connectivity index (χ3v) is 5.14. The number of hydrogen-bond acceptors (Lipinski definition) is 4. The maximum Gasteiger partial charge on any atom is 0.190 e. The average molecular weight is 496 g/mol. The summed E-state index contributed by atoms with van der Waals surface area (Å²) >= 11 is 0. The Morgan fingerprint density at radius 1 is 1.26 bits per heavy atom. The van der Waals surface area contributed by atoms with Crippen molar-refractivity contribution in [2.75, 3.05) is 66.2 Å². The van der Waals surface area contributed by atoms with E-state index in [9.17, 15) is 0 Å². The Morgan fingerprint density at radius 3 is 2.81 bits per heavy atom. The summed E-state index contributed by atoms with van der Waals surface area (Å²) in [6.07, 6.45) is 4.77. The molecule has 0 spiro atoms. The molecule has 0 bridgehead atoms. The second-order valence-electron chi connectivity index (χ2n) is 8.20. The van der Waals surface area contributed by atoms with Crippen molar-refractivity contribution < 1.29 is 9.47 Å². The summed E-state index contributed by atoms with van der Waals surface area (Å²) in [4.78, 5) is 6.96. The van der Waals surface area contributed by atoms with Gasteiger partial charge < -0.3 is 25.0 Å². The molecule has 2 aliphatic rings. The standard InChI is InChI=1S/C20H40N4O2.HI/c1-17(2)13-24-9-4-6-18(14-24)12-23-20(21-3)22-8-5-10-25-15-19-7-11-26-16-19;/h17-19H,4-16H2,1-3H3,(H2,21,22,23);1H. The quantitative estimate of drug-likeness (QED) is 0.211. The number of aliphatic imine (C=N–C) groups is 1. The van der Waals surface area contributed by atoms with Crippen molar-refractivity contribution in [2.45, 2.75) is 39.5 Å². The molecule has 0 aromatic rings. The molecule has 2 aliphatic heterocycles. The van der Waals surface area contributed by atoms with Gasteiger partial charge in [0, 0.05) is 52.4 Å². The van der Waals surface area contributed by atoms with Crippen LogP contribution < -0.4 is 10.6 Å². The fraction of sp³-hybridized carbons (Fsp3) is 0.950. The van der Waals surface area contributed by atoms with Gasteiger partial charge in [0.15, 0.2) is 5.96 Å². The molecule has 27 heavy (non-hydrogen) atoms. The molecule has 2 fully saturated rings. The molecule has 0 aromatic heterocycles. The molecule has 2 rings (SSSR count). The minimum Gasteiger partial charge on any atom is -0.381 e. The predicted octanol–water partition coefficient (Wildman–Crippen LogP) is 2.58. The number of rotatable bonds is 10. The Hall–Kier alpha value is -0.120. The van der Waals surface area contributed by atoms with Crippen molar-refractivity contribution >= 4 is 29.9 Å². The van der Waals surface area contributed by atoms with Gasteiger partial charge in [-0.2, -0.15) is 0 Å². The lowest BCUT2D eigenvalue weighted by Crippen LogP contribution is -2.45. The van der Waals surface area contributed by atoms with Gasteiger partial charge in [-0.1, -0.05) is 13.8 Å². The summed E-state index contributed by atoms with van der Waals surface area (Å²) < 4.78 is 11.1. The number of nitrogens with zero attached hydrogens (tertiary/aromatic N) is 2. The lowest BCUT2D eigenvalue weighted by molar-refractivity contribution is 0.0888. The van der Waals surface area contributed by atoms with Crippen LogP contribution in [0.4, 0.5) is 0 Å². The number of likely N-dealkylation sites (tertiary alicyclic amines) is 1. The molecular weight excluding hydrogens is 455 g/mol. The summed E-state index contributed by atoms with van der Waals surface area (Å²) in [5.74, 6) is 2.98. The highest BCUT2D eigenvalue weighted by Crippen LogP contribution is 2.16. The zero-order valence-electron chi connectivity index (χ0n) is 17.5. The first-order valence-corrected chi connectivity index (χ1v) is 10.5. The Bertz CT molecular complexity index is 403. The third-order valence-electron chi connectivity index (χ3n) is 5.14. The van der Waals surface area contributed by atoms with Crippen molar-refractivity contribution in [1.29, 1.82) is 0 Å². The molecule has 2 heterocycles. The van der Waals surface area contributed by atoms with Crippen molar-refractivity contribution in [3.05, 3.63) is 0 Å². The lowest BCUT2D eigenvalue weighted by atomic mass is 9.97. The summed E-state index contributed by atoms with van der Waals surface area (Å²) in [7, 11) is 1.85. The van der Waals surface area contributed by atoms with Gasteiger partial charge in [-0.15, -0.1) is 24.0 Å². The highest BCUT2D eigenvalue weighted by atomic mass is 127. The van der Waals surface area contributed by atoms with Crippen molar-refractivity contribution in [2.24, 2.45) is 22.7 Å². The average Bonchev–Trinajstić information content (AvgIpc) is 3.13. The van der Waals surface area contributed by atoms with E-state index in [1.54, 1.807) is 0 Å². The lowest BCUT2D eigenvalue weighted by Gasteiger charge is -2.34. The van der Waals surface area contributed by atoms with Gasteiger partial charge in [-0.25, -0.2) is 0 Å². The molecule has 0 aromatic carbocycles. The molecule has 7 heteroatoms. The molecule has 0 aliphatic carbocycles. The Kier molecular flexibility index (Phi) is 13.7. The zero-order valence-corrected chi connectivity index (χ0v) is 19.9. The minimum absolute atomic E-state index is 0.